The van der Waals surface area contributed by atoms with E-state index >= 15 is 0 Å². The number of fused-ring (bicyclic) bond motifs is 1. The maximum absolute atomic E-state index is 13.2. The van der Waals surface area contributed by atoms with Gasteiger partial charge in [-0.05, 0) is 47.5 Å². The predicted octanol–water partition coefficient (Wildman–Crippen LogP) is 4.77. The highest BCUT2D eigenvalue weighted by Crippen LogP contribution is 2.20. The Morgan fingerprint density at radius 1 is 1.15 bits per heavy atom. The number of aromatic nitrogens is 3. The molecule has 4 nitrogen and oxygen atoms in total. The SMILES string of the molecule is O=C(Cc1ccc(Cc2c[nH]c3ncccc23)cn1)c1ccc(F)c(Cl)c1. The van der Waals surface area contributed by atoms with Crippen LogP contribution in [0.4, 0.5) is 4.39 Å². The minimum Gasteiger partial charge on any atom is -0.346 e. The summed E-state index contributed by atoms with van der Waals surface area (Å²) in [5.41, 5.74) is 4.08. The number of hydrogen-bond donors (Lipinski definition) is 1. The van der Waals surface area contributed by atoms with Gasteiger partial charge in [0.15, 0.2) is 5.78 Å². The normalized spacial score (nSPS) is 11.0. The Morgan fingerprint density at radius 3 is 2.81 bits per heavy atom. The van der Waals surface area contributed by atoms with E-state index in [1.807, 2.05) is 30.5 Å². The van der Waals surface area contributed by atoms with Crippen LogP contribution in [0.5, 0.6) is 0 Å². The van der Waals surface area contributed by atoms with E-state index in [-0.39, 0.29) is 17.2 Å². The van der Waals surface area contributed by atoms with Crippen LogP contribution in [-0.4, -0.2) is 20.7 Å². The van der Waals surface area contributed by atoms with Crippen LogP contribution in [0.2, 0.25) is 5.02 Å². The number of benzene rings is 1. The third kappa shape index (κ3) is 3.73. The molecule has 0 amide bonds. The lowest BCUT2D eigenvalue weighted by Gasteiger charge is -2.04. The minimum absolute atomic E-state index is 0.0580. The molecular formula is C21H15ClFN3O. The Labute approximate surface area is 160 Å². The Balaban J connectivity index is 1.47. The molecule has 0 fully saturated rings. The third-order valence-electron chi connectivity index (χ3n) is 4.40. The summed E-state index contributed by atoms with van der Waals surface area (Å²) in [6, 6.07) is 11.7. The highest BCUT2D eigenvalue weighted by molar-refractivity contribution is 6.31. The van der Waals surface area contributed by atoms with Gasteiger partial charge in [-0.15, -0.1) is 0 Å². The van der Waals surface area contributed by atoms with E-state index in [4.69, 9.17) is 11.6 Å². The van der Waals surface area contributed by atoms with Crippen molar-refractivity contribution in [1.82, 2.24) is 15.0 Å². The number of carbonyl (C=O) groups is 1. The number of H-pyrrole nitrogens is 1. The number of nitrogens with zero attached hydrogens (tertiary/aromatic N) is 2. The molecule has 3 heterocycles. The predicted molar refractivity (Wildman–Crippen MR) is 103 cm³/mol. The van der Waals surface area contributed by atoms with Crippen LogP contribution in [0.25, 0.3) is 11.0 Å². The van der Waals surface area contributed by atoms with E-state index in [0.717, 1.165) is 28.6 Å². The van der Waals surface area contributed by atoms with Crippen molar-refractivity contribution in [3.05, 3.63) is 94.3 Å². The monoisotopic (exact) mass is 379 g/mol. The van der Waals surface area contributed by atoms with Crippen LogP contribution >= 0.6 is 11.6 Å². The van der Waals surface area contributed by atoms with Crippen LogP contribution in [0, 0.1) is 5.82 Å². The zero-order valence-electron chi connectivity index (χ0n) is 14.2. The fourth-order valence-electron chi connectivity index (χ4n) is 2.98. The molecule has 0 radical (unpaired) electrons. The van der Waals surface area contributed by atoms with E-state index in [1.54, 1.807) is 12.4 Å². The Hall–Kier alpha value is -3.05. The summed E-state index contributed by atoms with van der Waals surface area (Å²) in [4.78, 5) is 24.2. The topological polar surface area (TPSA) is 58.6 Å². The largest absolute Gasteiger partial charge is 0.346 e. The first-order valence-corrected chi connectivity index (χ1v) is 8.81. The van der Waals surface area contributed by atoms with Crippen molar-refractivity contribution in [3.8, 4) is 0 Å². The molecule has 0 saturated carbocycles. The number of nitrogens with one attached hydrogen (secondary N) is 1. The molecule has 3 aromatic heterocycles. The van der Waals surface area contributed by atoms with Crippen molar-refractivity contribution >= 4 is 28.4 Å². The average molecular weight is 380 g/mol. The molecule has 0 aliphatic rings. The van der Waals surface area contributed by atoms with Gasteiger partial charge in [0.25, 0.3) is 0 Å². The zero-order valence-corrected chi connectivity index (χ0v) is 15.0. The van der Waals surface area contributed by atoms with E-state index in [1.165, 1.54) is 18.2 Å². The summed E-state index contributed by atoms with van der Waals surface area (Å²) < 4.78 is 13.2. The first kappa shape index (κ1) is 17.4. The molecule has 4 aromatic rings. The van der Waals surface area contributed by atoms with Crippen molar-refractivity contribution < 1.29 is 9.18 Å². The van der Waals surface area contributed by atoms with Gasteiger partial charge in [0.05, 0.1) is 11.4 Å². The lowest BCUT2D eigenvalue weighted by molar-refractivity contribution is 0.0992. The maximum Gasteiger partial charge on any atom is 0.168 e. The molecule has 4 rings (SSSR count). The highest BCUT2D eigenvalue weighted by atomic mass is 35.5. The summed E-state index contributed by atoms with van der Waals surface area (Å²) in [5.74, 6) is -0.692. The number of halogens is 2. The highest BCUT2D eigenvalue weighted by Gasteiger charge is 2.11. The Bertz CT molecular complexity index is 1120. The van der Waals surface area contributed by atoms with E-state index in [2.05, 4.69) is 15.0 Å². The fraction of sp³-hybridized carbons (Fsp3) is 0.0952. The van der Waals surface area contributed by atoms with Gasteiger partial charge < -0.3 is 4.98 Å². The Kier molecular flexibility index (Phi) is 4.69. The van der Waals surface area contributed by atoms with Gasteiger partial charge in [-0.3, -0.25) is 9.78 Å². The molecular weight excluding hydrogens is 365 g/mol. The van der Waals surface area contributed by atoms with Crippen LogP contribution in [0.15, 0.2) is 61.1 Å². The van der Waals surface area contributed by atoms with Crippen molar-refractivity contribution in [3.63, 3.8) is 0 Å². The summed E-state index contributed by atoms with van der Waals surface area (Å²) in [7, 11) is 0. The molecule has 27 heavy (non-hydrogen) atoms. The molecule has 0 saturated heterocycles. The van der Waals surface area contributed by atoms with Crippen molar-refractivity contribution in [1.29, 1.82) is 0 Å². The number of aromatic amines is 1. The molecule has 134 valence electrons. The summed E-state index contributed by atoms with van der Waals surface area (Å²) in [6.07, 6.45) is 6.34. The lowest BCUT2D eigenvalue weighted by Crippen LogP contribution is -2.05. The number of ketones is 1. The molecule has 0 aliphatic heterocycles. The molecule has 0 atom stereocenters. The van der Waals surface area contributed by atoms with Crippen LogP contribution in [0.1, 0.15) is 27.2 Å². The second-order valence-corrected chi connectivity index (χ2v) is 6.68. The number of pyridine rings is 2. The number of hydrogen-bond acceptors (Lipinski definition) is 3. The minimum atomic E-state index is -0.539. The number of Topliss-reactive ketones (excluding diaryl/α,β-unsaturated/α-hetero) is 1. The first-order chi connectivity index (χ1) is 13.1. The number of rotatable bonds is 5. The standard InChI is InChI=1S/C21H15ClFN3O/c22-18-9-14(4-6-19(18)23)20(27)10-16-5-3-13(11-25-16)8-15-12-26-21-17(15)2-1-7-24-21/h1-7,9,11-12H,8,10H2,(H,24,26). The maximum atomic E-state index is 13.2. The molecule has 0 aliphatic carbocycles. The summed E-state index contributed by atoms with van der Waals surface area (Å²) in [6.45, 7) is 0. The smallest absolute Gasteiger partial charge is 0.168 e. The lowest BCUT2D eigenvalue weighted by atomic mass is 10.0. The van der Waals surface area contributed by atoms with Gasteiger partial charge in [0.1, 0.15) is 11.5 Å². The molecule has 1 N–H and O–H groups in total. The van der Waals surface area contributed by atoms with Gasteiger partial charge in [-0.25, -0.2) is 9.37 Å². The van der Waals surface area contributed by atoms with Crippen molar-refractivity contribution in [2.75, 3.05) is 0 Å². The van der Waals surface area contributed by atoms with Gasteiger partial charge >= 0.3 is 0 Å². The fourth-order valence-corrected chi connectivity index (χ4v) is 3.16. The van der Waals surface area contributed by atoms with Gasteiger partial charge in [0, 0.05) is 41.7 Å². The van der Waals surface area contributed by atoms with Crippen LogP contribution in [-0.2, 0) is 12.8 Å². The summed E-state index contributed by atoms with van der Waals surface area (Å²) >= 11 is 5.74. The molecule has 0 unspecified atom stereocenters. The number of carbonyl (C=O) groups excluding carboxylic acids is 1. The second kappa shape index (κ2) is 7.29. The average Bonchev–Trinajstić information content (AvgIpc) is 3.08. The second-order valence-electron chi connectivity index (χ2n) is 6.28. The first-order valence-electron chi connectivity index (χ1n) is 8.43. The van der Waals surface area contributed by atoms with Crippen LogP contribution < -0.4 is 0 Å². The van der Waals surface area contributed by atoms with E-state index < -0.39 is 5.82 Å². The quantitative estimate of drug-likeness (QED) is 0.508. The molecule has 6 heteroatoms. The van der Waals surface area contributed by atoms with Gasteiger partial charge in [0.2, 0.25) is 0 Å². The van der Waals surface area contributed by atoms with Gasteiger partial charge in [-0.2, -0.15) is 0 Å². The Morgan fingerprint density at radius 2 is 2.04 bits per heavy atom. The third-order valence-corrected chi connectivity index (χ3v) is 4.69. The van der Waals surface area contributed by atoms with E-state index in [9.17, 15) is 9.18 Å². The molecule has 0 spiro atoms. The summed E-state index contributed by atoms with van der Waals surface area (Å²) in [5, 5.41) is 1.03. The van der Waals surface area contributed by atoms with Gasteiger partial charge in [-0.1, -0.05) is 17.7 Å². The van der Waals surface area contributed by atoms with E-state index in [0.29, 0.717) is 11.3 Å². The van der Waals surface area contributed by atoms with Crippen LogP contribution in [0.3, 0.4) is 0 Å². The molecule has 0 bridgehead atoms. The van der Waals surface area contributed by atoms with Crippen molar-refractivity contribution in [2.45, 2.75) is 12.8 Å². The zero-order chi connectivity index (χ0) is 18.8. The van der Waals surface area contributed by atoms with Crippen molar-refractivity contribution in [2.24, 2.45) is 0 Å². The molecule has 1 aromatic carbocycles.